The van der Waals surface area contributed by atoms with Crippen LogP contribution in [0.15, 0.2) is 23.3 Å². The first kappa shape index (κ1) is 17.4. The van der Waals surface area contributed by atoms with Gasteiger partial charge in [0.15, 0.2) is 0 Å². The third-order valence-corrected chi connectivity index (χ3v) is 2.81. The van der Waals surface area contributed by atoms with Crippen LogP contribution in [0.2, 0.25) is 0 Å². The van der Waals surface area contributed by atoms with E-state index in [-0.39, 0.29) is 6.61 Å². The van der Waals surface area contributed by atoms with Crippen molar-refractivity contribution in [2.24, 2.45) is 0 Å². The van der Waals surface area contributed by atoms with Gasteiger partial charge in [-0.15, -0.1) is 0 Å². The van der Waals surface area contributed by atoms with Gasteiger partial charge in [0.1, 0.15) is 0 Å². The van der Waals surface area contributed by atoms with Crippen molar-refractivity contribution in [1.29, 1.82) is 0 Å². The molecule has 0 heterocycles. The van der Waals surface area contributed by atoms with E-state index in [0.29, 0.717) is 6.42 Å². The maximum atomic E-state index is 9.83. The van der Waals surface area contributed by atoms with Gasteiger partial charge in [-0.2, -0.15) is 0 Å². The average molecular weight is 256 g/mol. The molecule has 0 spiro atoms. The molecule has 0 bridgehead atoms. The zero-order chi connectivity index (χ0) is 14.2. The lowest BCUT2D eigenvalue weighted by atomic mass is 9.98. The second-order valence-corrected chi connectivity index (χ2v) is 5.68. The molecular formula is C15H28O3. The highest BCUT2D eigenvalue weighted by Gasteiger charge is 2.11. The third kappa shape index (κ3) is 10.5. The summed E-state index contributed by atoms with van der Waals surface area (Å²) in [5, 5.41) is 28.1. The van der Waals surface area contributed by atoms with E-state index in [9.17, 15) is 10.2 Å². The molecule has 0 aliphatic carbocycles. The molecular weight excluding hydrogens is 228 g/mol. The maximum absolute atomic E-state index is 9.83. The Morgan fingerprint density at radius 3 is 2.33 bits per heavy atom. The van der Waals surface area contributed by atoms with Crippen LogP contribution in [0.5, 0.6) is 0 Å². The van der Waals surface area contributed by atoms with Gasteiger partial charge in [-0.1, -0.05) is 23.3 Å². The Balaban J connectivity index is 4.05. The van der Waals surface area contributed by atoms with E-state index in [0.717, 1.165) is 30.4 Å². The Labute approximate surface area is 111 Å². The monoisotopic (exact) mass is 256 g/mol. The van der Waals surface area contributed by atoms with E-state index in [1.54, 1.807) is 6.08 Å². The van der Waals surface area contributed by atoms with Crippen LogP contribution in [0.25, 0.3) is 0 Å². The minimum absolute atomic E-state index is 0.0207. The van der Waals surface area contributed by atoms with Crippen molar-refractivity contribution in [2.45, 2.75) is 65.1 Å². The molecule has 0 fully saturated rings. The summed E-state index contributed by atoms with van der Waals surface area (Å²) < 4.78 is 0. The summed E-state index contributed by atoms with van der Waals surface area (Å²) in [6, 6.07) is 0. The average Bonchev–Trinajstić information content (AvgIpc) is 2.14. The van der Waals surface area contributed by atoms with E-state index in [1.165, 1.54) is 0 Å². The van der Waals surface area contributed by atoms with Crippen LogP contribution in [-0.2, 0) is 0 Å². The van der Waals surface area contributed by atoms with Gasteiger partial charge >= 0.3 is 0 Å². The van der Waals surface area contributed by atoms with Gasteiger partial charge in [0.2, 0.25) is 0 Å². The van der Waals surface area contributed by atoms with Crippen molar-refractivity contribution in [3.8, 4) is 0 Å². The predicted octanol–water partition coefficient (Wildman–Crippen LogP) is 2.56. The van der Waals surface area contributed by atoms with Crippen molar-refractivity contribution < 1.29 is 15.3 Å². The highest BCUT2D eigenvalue weighted by Crippen LogP contribution is 2.16. The van der Waals surface area contributed by atoms with Gasteiger partial charge in [0, 0.05) is 0 Å². The molecule has 0 rings (SSSR count). The Hall–Kier alpha value is -0.640. The van der Waals surface area contributed by atoms with Crippen LogP contribution in [0.1, 0.15) is 53.4 Å². The van der Waals surface area contributed by atoms with Gasteiger partial charge in [-0.3, -0.25) is 0 Å². The van der Waals surface area contributed by atoms with Gasteiger partial charge in [0.25, 0.3) is 0 Å². The Morgan fingerprint density at radius 2 is 1.83 bits per heavy atom. The summed E-state index contributed by atoms with van der Waals surface area (Å²) in [4.78, 5) is 0. The molecule has 1 atom stereocenters. The lowest BCUT2D eigenvalue weighted by Gasteiger charge is -2.16. The molecule has 3 nitrogen and oxygen atoms in total. The number of allylic oxidation sites excluding steroid dienone is 1. The normalized spacial score (nSPS) is 15.9. The van der Waals surface area contributed by atoms with Gasteiger partial charge in [0.05, 0.1) is 18.3 Å². The zero-order valence-electron chi connectivity index (χ0n) is 12.1. The number of aliphatic hydroxyl groups is 3. The van der Waals surface area contributed by atoms with E-state index in [1.807, 2.05) is 33.8 Å². The molecule has 3 N–H and O–H groups in total. The van der Waals surface area contributed by atoms with Crippen LogP contribution in [-0.4, -0.2) is 33.6 Å². The van der Waals surface area contributed by atoms with Crippen molar-refractivity contribution in [2.75, 3.05) is 6.61 Å². The molecule has 1 unspecified atom stereocenters. The molecule has 0 aliphatic rings. The van der Waals surface area contributed by atoms with Crippen molar-refractivity contribution >= 4 is 0 Å². The Kier molecular flexibility index (Phi) is 8.16. The first-order valence-corrected chi connectivity index (χ1v) is 6.59. The van der Waals surface area contributed by atoms with Crippen LogP contribution in [0.3, 0.4) is 0 Å². The van der Waals surface area contributed by atoms with Crippen LogP contribution in [0, 0.1) is 0 Å². The highest BCUT2D eigenvalue weighted by atomic mass is 16.3. The summed E-state index contributed by atoms with van der Waals surface area (Å²) in [7, 11) is 0. The summed E-state index contributed by atoms with van der Waals surface area (Å²) in [6.07, 6.45) is 6.21. The fourth-order valence-electron chi connectivity index (χ4n) is 1.84. The zero-order valence-corrected chi connectivity index (χ0v) is 12.1. The van der Waals surface area contributed by atoms with Crippen molar-refractivity contribution in [1.82, 2.24) is 0 Å². The summed E-state index contributed by atoms with van der Waals surface area (Å²) in [6.45, 7) is 7.54. The van der Waals surface area contributed by atoms with Crippen LogP contribution >= 0.6 is 0 Å². The van der Waals surface area contributed by atoms with E-state index >= 15 is 0 Å². The first-order valence-electron chi connectivity index (χ1n) is 6.59. The highest BCUT2D eigenvalue weighted by molar-refractivity contribution is 5.08. The lowest BCUT2D eigenvalue weighted by Crippen LogP contribution is -2.17. The van der Waals surface area contributed by atoms with Crippen LogP contribution < -0.4 is 0 Å². The maximum Gasteiger partial charge on any atom is 0.0760 e. The van der Waals surface area contributed by atoms with Gasteiger partial charge < -0.3 is 15.3 Å². The fourth-order valence-corrected chi connectivity index (χ4v) is 1.84. The summed E-state index contributed by atoms with van der Waals surface area (Å²) in [5.74, 6) is 0. The summed E-state index contributed by atoms with van der Waals surface area (Å²) in [5.41, 5.74) is 1.52. The van der Waals surface area contributed by atoms with Gasteiger partial charge in [-0.05, 0) is 53.4 Å². The quantitative estimate of drug-likeness (QED) is 0.585. The summed E-state index contributed by atoms with van der Waals surface area (Å²) >= 11 is 0. The Bertz CT molecular complexity index is 285. The molecule has 3 heteroatoms. The molecule has 0 amide bonds. The van der Waals surface area contributed by atoms with E-state index < -0.39 is 11.7 Å². The molecule has 18 heavy (non-hydrogen) atoms. The molecule has 0 saturated heterocycles. The third-order valence-electron chi connectivity index (χ3n) is 2.81. The number of aliphatic hydroxyl groups excluding tert-OH is 2. The molecule has 0 radical (unpaired) electrons. The first-order chi connectivity index (χ1) is 8.24. The standard InChI is InChI=1S/C15H28O3/c1-12(6-5-8-15(3,4)18)10-14(17)11-13(2)7-9-16/h7,10,14,16-18H,5-6,8-9,11H2,1-4H3/b12-10+,13-7+. The minimum Gasteiger partial charge on any atom is -0.392 e. The van der Waals surface area contributed by atoms with Crippen molar-refractivity contribution in [3.63, 3.8) is 0 Å². The molecule has 0 aromatic rings. The fraction of sp³-hybridized carbons (Fsp3) is 0.733. The smallest absolute Gasteiger partial charge is 0.0760 e. The topological polar surface area (TPSA) is 60.7 Å². The van der Waals surface area contributed by atoms with E-state index in [4.69, 9.17) is 5.11 Å². The largest absolute Gasteiger partial charge is 0.392 e. The van der Waals surface area contributed by atoms with E-state index in [2.05, 4.69) is 0 Å². The number of hydrogen-bond acceptors (Lipinski definition) is 3. The molecule has 0 aromatic carbocycles. The molecule has 0 saturated carbocycles. The number of rotatable bonds is 8. The second kappa shape index (κ2) is 8.46. The van der Waals surface area contributed by atoms with Gasteiger partial charge in [-0.25, -0.2) is 0 Å². The van der Waals surface area contributed by atoms with Crippen LogP contribution in [0.4, 0.5) is 0 Å². The number of hydrogen-bond donors (Lipinski definition) is 3. The molecule has 0 aliphatic heterocycles. The Morgan fingerprint density at radius 1 is 1.22 bits per heavy atom. The minimum atomic E-state index is -0.612. The predicted molar refractivity (Wildman–Crippen MR) is 75.4 cm³/mol. The molecule has 0 aromatic heterocycles. The second-order valence-electron chi connectivity index (χ2n) is 5.68. The molecule has 106 valence electrons. The SMILES string of the molecule is C/C(=C\C(O)C/C(C)=C/CO)CCCC(C)(C)O. The van der Waals surface area contributed by atoms with Crippen molar-refractivity contribution in [3.05, 3.63) is 23.3 Å². The lowest BCUT2D eigenvalue weighted by molar-refractivity contribution is 0.0689.